The number of carbonyl (C=O) groups is 8. The molecular weight excluding hydrogens is 1790 g/mol. The number of aromatic nitrogens is 5. The van der Waals surface area contributed by atoms with Crippen molar-refractivity contribution >= 4 is 64.2 Å². The molecule has 4 aromatic carbocycles. The van der Waals surface area contributed by atoms with Crippen molar-refractivity contribution in [3.63, 3.8) is 0 Å². The molecule has 8 unspecified atom stereocenters. The maximum atomic E-state index is 15.8. The van der Waals surface area contributed by atoms with Gasteiger partial charge in [0, 0.05) is 97.7 Å². The van der Waals surface area contributed by atoms with Crippen molar-refractivity contribution in [3.8, 4) is 39.7 Å². The number of hydrogen-bond acceptors (Lipinski definition) is 32. The van der Waals surface area contributed by atoms with Crippen LogP contribution in [0.3, 0.4) is 0 Å². The number of hydrogen-bond donors (Lipinski definition) is 10. The van der Waals surface area contributed by atoms with E-state index in [1.54, 1.807) is 25.9 Å². The quantitative estimate of drug-likeness (QED) is 0.0188. The second-order valence-corrected chi connectivity index (χ2v) is 33.3. The highest BCUT2D eigenvalue weighted by atomic mass is 19.1. The molecule has 5 aliphatic rings. The second-order valence-electron chi connectivity index (χ2n) is 33.3. The molecule has 1 saturated heterocycles. The Bertz CT molecular complexity index is 5310. The molecule has 0 spiro atoms. The number of methoxy groups -OCH3 is 1. The molecular formula is C95H124FN11O30. The maximum absolute atomic E-state index is 15.8. The Hall–Kier alpha value is -11.0. The predicted octanol–water partition coefficient (Wildman–Crippen LogP) is 4.27. The van der Waals surface area contributed by atoms with Gasteiger partial charge in [-0.15, -0.1) is 5.10 Å². The first-order valence-corrected chi connectivity index (χ1v) is 46.2. The molecule has 746 valence electrons. The van der Waals surface area contributed by atoms with E-state index < -0.39 is 115 Å². The molecule has 3 aromatic heterocycles. The fourth-order valence-electron chi connectivity index (χ4n) is 16.4. The number of aliphatic hydroxyl groups excluding tert-OH is 3. The van der Waals surface area contributed by atoms with Crippen molar-refractivity contribution < 1.29 is 144 Å². The fourth-order valence-corrected chi connectivity index (χ4v) is 16.4. The molecule has 0 saturated carbocycles. The molecule has 0 bridgehead atoms. The lowest BCUT2D eigenvalue weighted by Crippen LogP contribution is -2.61. The topological polar surface area (TPSA) is 514 Å². The molecule has 10 N–H and O–H groups in total. The lowest BCUT2D eigenvalue weighted by molar-refractivity contribution is -0.271. The van der Waals surface area contributed by atoms with Crippen LogP contribution in [-0.4, -0.2) is 307 Å². The number of carboxylic acids is 1. The number of halogens is 1. The minimum atomic E-state index is -2.13. The minimum absolute atomic E-state index is 0.0246. The molecule has 4 aliphatic heterocycles. The summed E-state index contributed by atoms with van der Waals surface area (Å²) in [6.07, 6.45) is -10.7. The number of benzene rings is 4. The van der Waals surface area contributed by atoms with Gasteiger partial charge in [-0.3, -0.25) is 28.8 Å². The number of para-hydroxylation sites is 1. The number of amides is 6. The molecule has 8 atom stereocenters. The van der Waals surface area contributed by atoms with Crippen molar-refractivity contribution in [2.45, 2.75) is 173 Å². The number of aliphatic hydroxyl groups is 4. The normalized spacial score (nSPS) is 18.1. The van der Waals surface area contributed by atoms with Crippen molar-refractivity contribution in [3.05, 3.63) is 145 Å². The molecule has 41 nitrogen and oxygen atoms in total. The average Bonchev–Trinajstić information content (AvgIpc) is 1.57. The van der Waals surface area contributed by atoms with Gasteiger partial charge in [0.1, 0.15) is 54.8 Å². The number of nitrogens with one attached hydrogen (secondary N) is 5. The first kappa shape index (κ1) is 105. The van der Waals surface area contributed by atoms with Crippen LogP contribution >= 0.6 is 0 Å². The van der Waals surface area contributed by atoms with Gasteiger partial charge in [-0.05, 0) is 105 Å². The summed E-state index contributed by atoms with van der Waals surface area (Å²) in [6, 6.07) is 20.1. The third-order valence-corrected chi connectivity index (χ3v) is 23.7. The molecule has 42 heteroatoms. The molecule has 7 heterocycles. The number of carboxylic acid groups (broad SMARTS) is 1. The molecule has 6 amide bonds. The monoisotopic (exact) mass is 1920 g/mol. The molecule has 1 fully saturated rings. The van der Waals surface area contributed by atoms with Crippen LogP contribution in [0.2, 0.25) is 0 Å². The van der Waals surface area contributed by atoms with Crippen molar-refractivity contribution in [1.82, 2.24) is 51.1 Å². The number of aryl methyl sites for hydroxylation is 1. The number of esters is 1. The number of alkyl carbamates (subject to hydrolysis) is 1. The Morgan fingerprint density at radius 2 is 1.23 bits per heavy atom. The van der Waals surface area contributed by atoms with Crippen LogP contribution in [0.5, 0.6) is 5.75 Å². The molecule has 7 aromatic rings. The van der Waals surface area contributed by atoms with E-state index in [2.05, 4.69) is 36.9 Å². The van der Waals surface area contributed by atoms with Gasteiger partial charge in [-0.25, -0.2) is 28.4 Å². The second kappa shape index (κ2) is 52.7. The van der Waals surface area contributed by atoms with Crippen LogP contribution < -0.4 is 41.8 Å². The van der Waals surface area contributed by atoms with Crippen LogP contribution in [-0.2, 0) is 149 Å². The number of rotatable bonds is 58. The largest absolute Gasteiger partial charge is 0.479 e. The van der Waals surface area contributed by atoms with E-state index in [-0.39, 0.29) is 167 Å². The van der Waals surface area contributed by atoms with Crippen LogP contribution in [0.15, 0.2) is 83.7 Å². The summed E-state index contributed by atoms with van der Waals surface area (Å²) in [5.74, 6) is -6.01. The zero-order valence-electron chi connectivity index (χ0n) is 77.7. The Morgan fingerprint density at radius 1 is 0.635 bits per heavy atom. The smallest absolute Gasteiger partial charge is 0.407 e. The minimum Gasteiger partial charge on any atom is -0.479 e. The Labute approximate surface area is 790 Å². The van der Waals surface area contributed by atoms with Crippen molar-refractivity contribution in [2.24, 2.45) is 0 Å². The average molecular weight is 1920 g/mol. The highest BCUT2D eigenvalue weighted by Crippen LogP contribution is 2.47. The summed E-state index contributed by atoms with van der Waals surface area (Å²) in [7, 11) is 1.62. The number of unbranched alkanes of at least 4 members (excludes halogenated alkanes) is 1. The highest BCUT2D eigenvalue weighted by molar-refractivity contribution is 6.01. The van der Waals surface area contributed by atoms with E-state index in [4.69, 9.17) is 80.8 Å². The number of pyridine rings is 2. The van der Waals surface area contributed by atoms with Crippen molar-refractivity contribution in [1.29, 1.82) is 0 Å². The van der Waals surface area contributed by atoms with Gasteiger partial charge in [0.2, 0.25) is 35.8 Å². The zero-order valence-corrected chi connectivity index (χ0v) is 77.7. The Kier molecular flexibility index (Phi) is 40.3. The van der Waals surface area contributed by atoms with Gasteiger partial charge in [0.15, 0.2) is 11.7 Å². The van der Waals surface area contributed by atoms with Gasteiger partial charge in [0.05, 0.1) is 205 Å². The van der Waals surface area contributed by atoms with E-state index in [0.717, 1.165) is 22.4 Å². The summed E-state index contributed by atoms with van der Waals surface area (Å²) in [5.41, 5.74) is 5.42. The molecule has 137 heavy (non-hydrogen) atoms. The first-order valence-electron chi connectivity index (χ1n) is 46.2. The van der Waals surface area contributed by atoms with Gasteiger partial charge < -0.3 is 137 Å². The predicted molar refractivity (Wildman–Crippen MR) is 486 cm³/mol. The van der Waals surface area contributed by atoms with Crippen molar-refractivity contribution in [2.75, 3.05) is 177 Å². The number of cyclic esters (lactones) is 1. The van der Waals surface area contributed by atoms with Crippen LogP contribution in [0.4, 0.5) is 14.9 Å². The summed E-state index contributed by atoms with van der Waals surface area (Å²) in [5, 5.41) is 77.1. The fraction of sp³-hybridized carbons (Fsp3) is 0.558. The zero-order chi connectivity index (χ0) is 97.3. The maximum Gasteiger partial charge on any atom is 0.407 e. The van der Waals surface area contributed by atoms with Gasteiger partial charge in [-0.2, -0.15) is 0 Å². The third kappa shape index (κ3) is 28.2. The highest BCUT2D eigenvalue weighted by Gasteiger charge is 2.49. The van der Waals surface area contributed by atoms with E-state index in [1.165, 1.54) is 34.9 Å². The van der Waals surface area contributed by atoms with Gasteiger partial charge >= 0.3 is 18.0 Å². The van der Waals surface area contributed by atoms with E-state index in [1.807, 2.05) is 67.1 Å². The van der Waals surface area contributed by atoms with Crippen LogP contribution in [0.25, 0.3) is 44.8 Å². The third-order valence-electron chi connectivity index (χ3n) is 23.7. The van der Waals surface area contributed by atoms with Gasteiger partial charge in [-0.1, -0.05) is 60.7 Å². The van der Waals surface area contributed by atoms with E-state index in [0.29, 0.717) is 171 Å². The Balaban J connectivity index is 0.605. The number of fused-ring (bicyclic) bond motifs is 10. The number of ether oxygens (including phenoxy) is 16. The number of anilines is 1. The first-order chi connectivity index (χ1) is 66.4. The molecule has 1 aliphatic carbocycles. The molecule has 0 radical (unpaired) electrons. The summed E-state index contributed by atoms with van der Waals surface area (Å²) in [4.78, 5) is 130. The standard InChI is InChI=1S/C95H124FN11O30/c1-6-95(121)68-50-74-82-66(55-106(74)90(116)67(68)57-134-93(95)119)81-70(21-20-63-59(4)69(96)51-71(101-82)80(63)81)102-94(120)135-56-60-19-22-75(136-92-87(114)85(112)86(113)88(137-92)91(117)118)62(49-60)52-98-76(108)23-25-97-89(115)72(100-78(110)17-11-12-18-79(111)105-54-61-13-7-8-14-64(61)83-84(107(58(2)3)104-103-83)65-15-9-10-16-73(65)105)53-99-77(109)24-26-123-29-30-125-33-34-127-37-38-129-41-42-131-45-46-133-48-47-132-44-43-130-40-39-128-36-35-126-32-31-124-28-27-122-5/h7-10,13-16,19,22,49-51,58,70,72,85-88,92,112-114,121H,6,11-12,17-18,20-21,23-48,52-57H2,1-5H3,(H,97,115)(H,98,108)(H,99,109)(H,100,110)(H,102,120)(H,117,118). The van der Waals surface area contributed by atoms with E-state index in [9.17, 15) is 68.7 Å². The van der Waals surface area contributed by atoms with E-state index >= 15 is 4.39 Å². The summed E-state index contributed by atoms with van der Waals surface area (Å²) < 4.78 is 107. The Morgan fingerprint density at radius 3 is 1.84 bits per heavy atom. The van der Waals surface area contributed by atoms with Gasteiger partial charge in [0.25, 0.3) is 5.56 Å². The number of nitrogens with zero attached hydrogens (tertiary/aromatic N) is 6. The number of carbonyl (C=O) groups excluding carboxylic acids is 7. The SMILES string of the molecule is CCC1(O)C(=O)OCc2c1cc1n(c2=O)Cc2c-1nc1cc(F)c(C)c3c1c2C(NC(=O)OCc1ccc(OC2OC(C(=O)O)C(O)C(O)C2O)c(CNC(=O)CCNC(=O)C(CNC(=O)CCOCCOCCOCCOCCOCCOCCOCCOCCOCCOCCOCCOC)NC(=O)CCCCC(=O)N2Cc4ccccc4-c4nnn(C(C)C)c4-c4ccccc42)c1)CC3. The lowest BCUT2D eigenvalue weighted by atomic mass is 9.81. The lowest BCUT2D eigenvalue weighted by Gasteiger charge is -2.38. The van der Waals surface area contributed by atoms with Crippen LogP contribution in [0.1, 0.15) is 134 Å². The number of aliphatic carboxylic acids is 1. The van der Waals surface area contributed by atoms with Crippen LogP contribution in [0, 0.1) is 12.7 Å². The summed E-state index contributed by atoms with van der Waals surface area (Å²) >= 11 is 0. The molecule has 12 rings (SSSR count). The summed E-state index contributed by atoms with van der Waals surface area (Å²) in [6.45, 7) is 14.4.